The molecule has 1 amide bonds. The van der Waals surface area contributed by atoms with Crippen LogP contribution in [0.2, 0.25) is 0 Å². The van der Waals surface area contributed by atoms with Gasteiger partial charge in [-0.15, -0.1) is 0 Å². The van der Waals surface area contributed by atoms with Crippen LogP contribution in [0.1, 0.15) is 5.56 Å². The predicted octanol–water partition coefficient (Wildman–Crippen LogP) is 1.91. The number of para-hydroxylation sites is 1. The van der Waals surface area contributed by atoms with E-state index in [0.29, 0.717) is 19.8 Å². The van der Waals surface area contributed by atoms with E-state index in [1.165, 1.54) is 0 Å². The van der Waals surface area contributed by atoms with E-state index in [4.69, 9.17) is 13.9 Å². The Kier molecular flexibility index (Phi) is 4.57. The first-order valence-corrected chi connectivity index (χ1v) is 8.55. The number of hydrogen-bond donors (Lipinski definition) is 0. The molecule has 4 rings (SSSR count). The summed E-state index contributed by atoms with van der Waals surface area (Å²) in [4.78, 5) is 16.5. The Morgan fingerprint density at radius 1 is 1.12 bits per heavy atom. The van der Waals surface area contributed by atoms with Gasteiger partial charge in [0.05, 0.1) is 32.3 Å². The zero-order chi connectivity index (χ0) is 17.1. The molecule has 1 aromatic carbocycles. The van der Waals surface area contributed by atoms with Gasteiger partial charge in [0, 0.05) is 30.9 Å². The van der Waals surface area contributed by atoms with E-state index < -0.39 is 5.60 Å². The van der Waals surface area contributed by atoms with Crippen molar-refractivity contribution in [3.05, 3.63) is 54.5 Å². The first kappa shape index (κ1) is 16.3. The van der Waals surface area contributed by atoms with Crippen LogP contribution in [-0.4, -0.2) is 55.9 Å². The molecule has 132 valence electrons. The number of ether oxygens (including phenoxy) is 2. The van der Waals surface area contributed by atoms with Gasteiger partial charge < -0.3 is 18.8 Å². The van der Waals surface area contributed by atoms with Crippen LogP contribution in [-0.2, 0) is 20.8 Å². The molecule has 0 aliphatic carbocycles. The lowest BCUT2D eigenvalue weighted by atomic mass is 10.0. The molecule has 0 bridgehead atoms. The van der Waals surface area contributed by atoms with E-state index in [-0.39, 0.29) is 12.5 Å². The topological polar surface area (TPSA) is 55.2 Å². The van der Waals surface area contributed by atoms with Crippen molar-refractivity contribution in [1.29, 1.82) is 0 Å². The molecule has 2 saturated heterocycles. The first-order chi connectivity index (χ1) is 12.2. The lowest BCUT2D eigenvalue weighted by Crippen LogP contribution is -2.60. The van der Waals surface area contributed by atoms with Crippen LogP contribution in [0.25, 0.3) is 0 Å². The number of carbonyl (C=O) groups is 1. The van der Waals surface area contributed by atoms with E-state index in [0.717, 1.165) is 30.9 Å². The van der Waals surface area contributed by atoms with Crippen LogP contribution >= 0.6 is 0 Å². The normalized spacial score (nSPS) is 25.3. The molecule has 1 atom stereocenters. The highest BCUT2D eigenvalue weighted by Gasteiger charge is 2.43. The Morgan fingerprint density at radius 3 is 2.80 bits per heavy atom. The zero-order valence-corrected chi connectivity index (χ0v) is 14.1. The van der Waals surface area contributed by atoms with Crippen LogP contribution in [0.5, 0.6) is 0 Å². The SMILES string of the molecule is O=C1COC2(COCCN(Cc3ccoc3)C2)CN1c1ccccc1. The molecule has 6 heteroatoms. The van der Waals surface area contributed by atoms with Crippen molar-refractivity contribution in [2.75, 3.05) is 44.4 Å². The summed E-state index contributed by atoms with van der Waals surface area (Å²) < 4.78 is 17.0. The quantitative estimate of drug-likeness (QED) is 0.853. The van der Waals surface area contributed by atoms with Crippen molar-refractivity contribution < 1.29 is 18.7 Å². The minimum atomic E-state index is -0.510. The van der Waals surface area contributed by atoms with Gasteiger partial charge in [0.1, 0.15) is 12.2 Å². The van der Waals surface area contributed by atoms with Crippen LogP contribution in [0.15, 0.2) is 53.3 Å². The summed E-state index contributed by atoms with van der Waals surface area (Å²) in [6.07, 6.45) is 3.45. The monoisotopic (exact) mass is 342 g/mol. The van der Waals surface area contributed by atoms with Crippen LogP contribution in [0.4, 0.5) is 5.69 Å². The highest BCUT2D eigenvalue weighted by molar-refractivity contribution is 5.95. The minimum Gasteiger partial charge on any atom is -0.472 e. The van der Waals surface area contributed by atoms with E-state index in [1.807, 2.05) is 41.3 Å². The Labute approximate surface area is 146 Å². The molecule has 1 unspecified atom stereocenters. The molecule has 2 aliphatic heterocycles. The lowest BCUT2D eigenvalue weighted by molar-refractivity contribution is -0.146. The van der Waals surface area contributed by atoms with Gasteiger partial charge in [0.15, 0.2) is 0 Å². The number of amides is 1. The van der Waals surface area contributed by atoms with Gasteiger partial charge in [-0.05, 0) is 18.2 Å². The van der Waals surface area contributed by atoms with Gasteiger partial charge in [-0.3, -0.25) is 9.69 Å². The molecule has 0 N–H and O–H groups in total. The molecule has 0 saturated carbocycles. The third-order valence-corrected chi connectivity index (χ3v) is 4.73. The zero-order valence-electron chi connectivity index (χ0n) is 14.1. The van der Waals surface area contributed by atoms with Gasteiger partial charge in [0.25, 0.3) is 5.91 Å². The first-order valence-electron chi connectivity index (χ1n) is 8.55. The number of furan rings is 1. The minimum absolute atomic E-state index is 0.0116. The summed E-state index contributed by atoms with van der Waals surface area (Å²) in [5, 5.41) is 0. The van der Waals surface area contributed by atoms with E-state index in [2.05, 4.69) is 4.90 Å². The lowest BCUT2D eigenvalue weighted by Gasteiger charge is -2.43. The molecule has 0 radical (unpaired) electrons. The van der Waals surface area contributed by atoms with Crippen LogP contribution in [0.3, 0.4) is 0 Å². The van der Waals surface area contributed by atoms with Crippen LogP contribution in [0, 0.1) is 0 Å². The molecule has 2 aliphatic rings. The number of rotatable bonds is 3. The Bertz CT molecular complexity index is 703. The summed E-state index contributed by atoms with van der Waals surface area (Å²) >= 11 is 0. The molecule has 1 spiro atoms. The fraction of sp³-hybridized carbons (Fsp3) is 0.421. The van der Waals surface area contributed by atoms with Gasteiger partial charge in [0.2, 0.25) is 0 Å². The molecule has 6 nitrogen and oxygen atoms in total. The average Bonchev–Trinajstić information content (AvgIpc) is 3.07. The van der Waals surface area contributed by atoms with Crippen LogP contribution < -0.4 is 4.90 Å². The number of carbonyl (C=O) groups excluding carboxylic acids is 1. The maximum absolute atomic E-state index is 12.4. The maximum atomic E-state index is 12.4. The largest absolute Gasteiger partial charge is 0.472 e. The Hall–Kier alpha value is -2.15. The van der Waals surface area contributed by atoms with Gasteiger partial charge >= 0.3 is 0 Å². The Balaban J connectivity index is 1.53. The van der Waals surface area contributed by atoms with E-state index in [9.17, 15) is 4.79 Å². The molecule has 2 fully saturated rings. The molecular formula is C19H22N2O4. The van der Waals surface area contributed by atoms with Crippen molar-refractivity contribution >= 4 is 11.6 Å². The van der Waals surface area contributed by atoms with Crippen molar-refractivity contribution in [3.8, 4) is 0 Å². The summed E-state index contributed by atoms with van der Waals surface area (Å²) in [6, 6.07) is 11.7. The van der Waals surface area contributed by atoms with Gasteiger partial charge in [-0.2, -0.15) is 0 Å². The maximum Gasteiger partial charge on any atom is 0.253 e. The molecule has 3 heterocycles. The van der Waals surface area contributed by atoms with E-state index >= 15 is 0 Å². The standard InChI is InChI=1S/C19H22N2O4/c22-18-12-25-19(14-21(18)17-4-2-1-3-5-17)13-20(7-9-24-15-19)10-16-6-8-23-11-16/h1-6,8,11H,7,9-10,12-15H2. The van der Waals surface area contributed by atoms with Crippen molar-refractivity contribution in [2.24, 2.45) is 0 Å². The molecule has 2 aromatic rings. The molecule has 1 aromatic heterocycles. The van der Waals surface area contributed by atoms with Crippen molar-refractivity contribution in [3.63, 3.8) is 0 Å². The molecule has 25 heavy (non-hydrogen) atoms. The number of hydrogen-bond acceptors (Lipinski definition) is 5. The predicted molar refractivity (Wildman–Crippen MR) is 92.3 cm³/mol. The van der Waals surface area contributed by atoms with Crippen molar-refractivity contribution in [1.82, 2.24) is 4.90 Å². The second kappa shape index (κ2) is 7.00. The summed E-state index contributed by atoms with van der Waals surface area (Å²) in [7, 11) is 0. The van der Waals surface area contributed by atoms with Crippen molar-refractivity contribution in [2.45, 2.75) is 12.1 Å². The fourth-order valence-corrected chi connectivity index (χ4v) is 3.50. The third kappa shape index (κ3) is 3.61. The highest BCUT2D eigenvalue weighted by Crippen LogP contribution is 2.27. The van der Waals surface area contributed by atoms with Gasteiger partial charge in [-0.1, -0.05) is 18.2 Å². The molecular weight excluding hydrogens is 320 g/mol. The number of anilines is 1. The second-order valence-electron chi connectivity index (χ2n) is 6.68. The number of benzene rings is 1. The average molecular weight is 342 g/mol. The number of morpholine rings is 1. The second-order valence-corrected chi connectivity index (χ2v) is 6.68. The Morgan fingerprint density at radius 2 is 2.00 bits per heavy atom. The summed E-state index contributed by atoms with van der Waals surface area (Å²) in [6.45, 7) is 4.05. The summed E-state index contributed by atoms with van der Waals surface area (Å²) in [5.41, 5.74) is 1.52. The third-order valence-electron chi connectivity index (χ3n) is 4.73. The highest BCUT2D eigenvalue weighted by atomic mass is 16.6. The van der Waals surface area contributed by atoms with E-state index in [1.54, 1.807) is 12.5 Å². The smallest absolute Gasteiger partial charge is 0.253 e. The summed E-state index contributed by atoms with van der Waals surface area (Å²) in [5.74, 6) is -0.0116. The fourth-order valence-electron chi connectivity index (χ4n) is 3.50. The van der Waals surface area contributed by atoms with Gasteiger partial charge in [-0.25, -0.2) is 0 Å². The number of nitrogens with zero attached hydrogens (tertiary/aromatic N) is 2.